The van der Waals surface area contributed by atoms with Crippen molar-refractivity contribution in [2.24, 2.45) is 0 Å². The van der Waals surface area contributed by atoms with Crippen LogP contribution in [0, 0.1) is 6.92 Å². The second-order valence-corrected chi connectivity index (χ2v) is 7.55. The molecule has 1 heterocycles. The molecule has 0 aliphatic heterocycles. The van der Waals surface area contributed by atoms with Gasteiger partial charge in [-0.3, -0.25) is 4.79 Å². The van der Waals surface area contributed by atoms with Gasteiger partial charge in [-0.1, -0.05) is 42.5 Å². The third kappa shape index (κ3) is 4.38. The van der Waals surface area contributed by atoms with Gasteiger partial charge in [0.15, 0.2) is 0 Å². The summed E-state index contributed by atoms with van der Waals surface area (Å²) in [6, 6.07) is 13.6. The number of hydrogen-bond donors (Lipinski definition) is 1. The molecule has 0 unspecified atom stereocenters. The lowest BCUT2D eigenvalue weighted by atomic mass is 10.0. The van der Waals surface area contributed by atoms with E-state index in [1.54, 1.807) is 26.0 Å². The molecular weight excluding hydrogens is 415 g/mol. The van der Waals surface area contributed by atoms with E-state index in [1.165, 1.54) is 12.1 Å². The molecule has 3 aromatic rings. The highest BCUT2D eigenvalue weighted by Crippen LogP contribution is 2.41. The SMILES string of the molecule is CCOC(=O)c1c(NC(=O)c2ccccc2C(F)(F)F)sc(C)c1-c1ccccc1. The zero-order chi connectivity index (χ0) is 21.9. The lowest BCUT2D eigenvalue weighted by Crippen LogP contribution is -2.19. The molecule has 0 saturated heterocycles. The number of halogens is 3. The van der Waals surface area contributed by atoms with Crippen LogP contribution in [0.25, 0.3) is 11.1 Å². The van der Waals surface area contributed by atoms with Crippen LogP contribution in [0.3, 0.4) is 0 Å². The van der Waals surface area contributed by atoms with Crippen molar-refractivity contribution in [2.45, 2.75) is 20.0 Å². The molecule has 156 valence electrons. The van der Waals surface area contributed by atoms with Crippen LogP contribution in [-0.2, 0) is 10.9 Å². The molecule has 8 heteroatoms. The lowest BCUT2D eigenvalue weighted by molar-refractivity contribution is -0.137. The summed E-state index contributed by atoms with van der Waals surface area (Å²) in [5.41, 5.74) is -0.115. The van der Waals surface area contributed by atoms with Crippen molar-refractivity contribution in [1.29, 1.82) is 0 Å². The van der Waals surface area contributed by atoms with Gasteiger partial charge in [-0.2, -0.15) is 13.2 Å². The van der Waals surface area contributed by atoms with Crippen LogP contribution in [-0.4, -0.2) is 18.5 Å². The number of hydrogen-bond acceptors (Lipinski definition) is 4. The average Bonchev–Trinajstić information content (AvgIpc) is 3.03. The molecule has 0 atom stereocenters. The molecule has 0 spiro atoms. The summed E-state index contributed by atoms with van der Waals surface area (Å²) in [7, 11) is 0. The minimum absolute atomic E-state index is 0.117. The van der Waals surface area contributed by atoms with Gasteiger partial charge in [0.2, 0.25) is 0 Å². The normalized spacial score (nSPS) is 11.2. The molecule has 1 amide bonds. The first-order valence-corrected chi connectivity index (χ1v) is 9.89. The molecule has 0 radical (unpaired) electrons. The van der Waals surface area contributed by atoms with Gasteiger partial charge >= 0.3 is 12.1 Å². The monoisotopic (exact) mass is 433 g/mol. The molecule has 0 aliphatic carbocycles. The van der Waals surface area contributed by atoms with Crippen LogP contribution in [0.1, 0.15) is 38.1 Å². The van der Waals surface area contributed by atoms with Crippen molar-refractivity contribution < 1.29 is 27.5 Å². The van der Waals surface area contributed by atoms with E-state index in [9.17, 15) is 22.8 Å². The highest BCUT2D eigenvalue weighted by atomic mass is 32.1. The second kappa shape index (κ2) is 8.71. The van der Waals surface area contributed by atoms with Crippen molar-refractivity contribution in [3.05, 3.63) is 76.2 Å². The van der Waals surface area contributed by atoms with Crippen LogP contribution < -0.4 is 5.32 Å². The number of rotatable bonds is 5. The number of carbonyl (C=O) groups is 2. The van der Waals surface area contributed by atoms with E-state index in [-0.39, 0.29) is 17.2 Å². The van der Waals surface area contributed by atoms with Gasteiger partial charge in [-0.05, 0) is 31.5 Å². The molecule has 1 aromatic heterocycles. The van der Waals surface area contributed by atoms with Gasteiger partial charge in [0.25, 0.3) is 5.91 Å². The van der Waals surface area contributed by atoms with Crippen molar-refractivity contribution in [3.63, 3.8) is 0 Å². The van der Waals surface area contributed by atoms with Gasteiger partial charge in [0, 0.05) is 10.4 Å². The number of thiophene rings is 1. The number of esters is 1. The van der Waals surface area contributed by atoms with E-state index in [4.69, 9.17) is 4.74 Å². The Balaban J connectivity index is 2.07. The maximum atomic E-state index is 13.3. The summed E-state index contributed by atoms with van der Waals surface area (Å²) in [6.45, 7) is 3.54. The number of aryl methyl sites for hydroxylation is 1. The van der Waals surface area contributed by atoms with E-state index in [0.29, 0.717) is 5.56 Å². The number of nitrogens with one attached hydrogen (secondary N) is 1. The lowest BCUT2D eigenvalue weighted by Gasteiger charge is -2.13. The average molecular weight is 433 g/mol. The molecule has 2 aromatic carbocycles. The fourth-order valence-electron chi connectivity index (χ4n) is 3.08. The maximum Gasteiger partial charge on any atom is 0.417 e. The summed E-state index contributed by atoms with van der Waals surface area (Å²) in [4.78, 5) is 26.1. The molecule has 30 heavy (non-hydrogen) atoms. The molecule has 0 saturated carbocycles. The Morgan fingerprint density at radius 2 is 1.67 bits per heavy atom. The van der Waals surface area contributed by atoms with Crippen LogP contribution >= 0.6 is 11.3 Å². The Hall–Kier alpha value is -3.13. The highest BCUT2D eigenvalue weighted by molar-refractivity contribution is 7.17. The topological polar surface area (TPSA) is 55.4 Å². The quantitative estimate of drug-likeness (QED) is 0.490. The van der Waals surface area contributed by atoms with Gasteiger partial charge in [0.1, 0.15) is 10.6 Å². The van der Waals surface area contributed by atoms with Gasteiger partial charge in [-0.25, -0.2) is 4.79 Å². The Morgan fingerprint density at radius 3 is 2.30 bits per heavy atom. The summed E-state index contributed by atoms with van der Waals surface area (Å²) in [5.74, 6) is -1.60. The van der Waals surface area contributed by atoms with Crippen LogP contribution in [0.5, 0.6) is 0 Å². The standard InChI is InChI=1S/C22H18F3NO3S/c1-3-29-21(28)18-17(14-9-5-4-6-10-14)13(2)30-20(18)26-19(27)15-11-7-8-12-16(15)22(23,24)25/h4-12H,3H2,1-2H3,(H,26,27). The first-order chi connectivity index (χ1) is 14.2. The smallest absolute Gasteiger partial charge is 0.417 e. The number of ether oxygens (including phenoxy) is 1. The van der Waals surface area contributed by atoms with E-state index in [0.717, 1.165) is 33.9 Å². The Labute approximate surface area is 175 Å². The molecule has 3 rings (SSSR count). The fourth-order valence-corrected chi connectivity index (χ4v) is 4.14. The predicted octanol–water partition coefficient (Wildman–Crippen LogP) is 6.17. The third-order valence-corrected chi connectivity index (χ3v) is 5.35. The minimum Gasteiger partial charge on any atom is -0.462 e. The minimum atomic E-state index is -4.68. The summed E-state index contributed by atoms with van der Waals surface area (Å²) < 4.78 is 45.0. The van der Waals surface area contributed by atoms with Gasteiger partial charge in [0.05, 0.1) is 17.7 Å². The molecular formula is C22H18F3NO3S. The van der Waals surface area contributed by atoms with Crippen molar-refractivity contribution >= 4 is 28.2 Å². The van der Waals surface area contributed by atoms with Crippen molar-refractivity contribution in [3.8, 4) is 11.1 Å². The largest absolute Gasteiger partial charge is 0.462 e. The summed E-state index contributed by atoms with van der Waals surface area (Å²) >= 11 is 1.11. The fraction of sp³-hybridized carbons (Fsp3) is 0.182. The maximum absolute atomic E-state index is 13.3. The molecule has 0 bridgehead atoms. The second-order valence-electron chi connectivity index (χ2n) is 6.32. The number of anilines is 1. The Morgan fingerprint density at radius 1 is 1.03 bits per heavy atom. The first kappa shape index (κ1) is 21.6. The number of alkyl halides is 3. The Kier molecular flexibility index (Phi) is 6.26. The van der Waals surface area contributed by atoms with E-state index >= 15 is 0 Å². The summed E-state index contributed by atoms with van der Waals surface area (Å²) in [5, 5.41) is 2.63. The Bertz CT molecular complexity index is 1070. The van der Waals surface area contributed by atoms with Crippen molar-refractivity contribution in [1.82, 2.24) is 0 Å². The van der Waals surface area contributed by atoms with Crippen molar-refractivity contribution in [2.75, 3.05) is 11.9 Å². The van der Waals surface area contributed by atoms with E-state index in [2.05, 4.69) is 5.32 Å². The number of carbonyl (C=O) groups excluding carboxylic acids is 2. The van der Waals surface area contributed by atoms with Crippen LogP contribution in [0.4, 0.5) is 18.2 Å². The molecule has 0 fully saturated rings. The van der Waals surface area contributed by atoms with Gasteiger partial charge < -0.3 is 10.1 Å². The number of amides is 1. The van der Waals surface area contributed by atoms with Gasteiger partial charge in [-0.15, -0.1) is 11.3 Å². The predicted molar refractivity (Wildman–Crippen MR) is 110 cm³/mol. The zero-order valence-electron chi connectivity index (χ0n) is 16.2. The van der Waals surface area contributed by atoms with Crippen LogP contribution in [0.15, 0.2) is 54.6 Å². The number of benzene rings is 2. The first-order valence-electron chi connectivity index (χ1n) is 9.07. The molecule has 0 aliphatic rings. The zero-order valence-corrected chi connectivity index (χ0v) is 17.0. The van der Waals surface area contributed by atoms with Crippen LogP contribution in [0.2, 0.25) is 0 Å². The van der Waals surface area contributed by atoms with E-state index < -0.39 is 29.2 Å². The van der Waals surface area contributed by atoms with E-state index in [1.807, 2.05) is 18.2 Å². The molecule has 1 N–H and O–H groups in total. The highest BCUT2D eigenvalue weighted by Gasteiger charge is 2.35. The summed E-state index contributed by atoms with van der Waals surface area (Å²) in [6.07, 6.45) is -4.68. The third-order valence-electron chi connectivity index (χ3n) is 4.33. The molecule has 4 nitrogen and oxygen atoms in total.